The second kappa shape index (κ2) is 4.59. The molecule has 3 N–H and O–H groups in total. The summed E-state index contributed by atoms with van der Waals surface area (Å²) >= 11 is 0. The van der Waals surface area contributed by atoms with Gasteiger partial charge < -0.3 is 15.3 Å². The van der Waals surface area contributed by atoms with E-state index in [0.717, 1.165) is 12.8 Å². The number of amides is 1. The fourth-order valence-electron chi connectivity index (χ4n) is 5.19. The number of ketones is 1. The molecule has 2 saturated carbocycles. The van der Waals surface area contributed by atoms with E-state index in [1.54, 1.807) is 12.1 Å². The van der Waals surface area contributed by atoms with Crippen LogP contribution in [0, 0.1) is 28.6 Å². The number of carbonyl (C=O) groups excluding carboxylic acids is 2. The molecule has 1 heterocycles. The number of carboxylic acids is 1. The van der Waals surface area contributed by atoms with Gasteiger partial charge in [-0.2, -0.15) is 0 Å². The SMILES string of the molecule is CC(=O)c1ccc(C[C@]2(C(N)=O)[C@H](C(=O)O)[C@H]3C=C[C@H]2C32CC2)o1. The number of hydrogen-bond donors (Lipinski definition) is 2. The number of allylic oxidation sites excluding steroid dienone is 2. The van der Waals surface area contributed by atoms with Gasteiger partial charge in [-0.25, -0.2) is 0 Å². The average Bonchev–Trinajstić information content (AvgIpc) is 2.92. The molecule has 0 unspecified atom stereocenters. The highest BCUT2D eigenvalue weighted by molar-refractivity contribution is 5.92. The molecule has 1 aromatic rings. The predicted molar refractivity (Wildman–Crippen MR) is 83.0 cm³/mol. The maximum atomic E-state index is 12.5. The van der Waals surface area contributed by atoms with Crippen molar-refractivity contribution in [1.82, 2.24) is 0 Å². The Balaban J connectivity index is 1.80. The first kappa shape index (κ1) is 15.2. The van der Waals surface area contributed by atoms with Gasteiger partial charge in [0.1, 0.15) is 5.76 Å². The van der Waals surface area contributed by atoms with Crippen LogP contribution in [0.25, 0.3) is 0 Å². The van der Waals surface area contributed by atoms with Crippen molar-refractivity contribution in [2.75, 3.05) is 0 Å². The lowest BCUT2D eigenvalue weighted by molar-refractivity contribution is -0.153. The molecule has 0 radical (unpaired) electrons. The predicted octanol–water partition coefficient (Wildman–Crippen LogP) is 1.79. The number of aliphatic carboxylic acids is 1. The minimum Gasteiger partial charge on any atom is -0.481 e. The van der Waals surface area contributed by atoms with Crippen LogP contribution in [0.15, 0.2) is 28.7 Å². The number of primary amides is 1. The largest absolute Gasteiger partial charge is 0.481 e. The first-order chi connectivity index (χ1) is 11.3. The van der Waals surface area contributed by atoms with Crippen LogP contribution in [-0.4, -0.2) is 22.8 Å². The number of rotatable bonds is 5. The number of furan rings is 1. The second-order valence-corrected chi connectivity index (χ2v) is 7.34. The minimum absolute atomic E-state index is 0.111. The van der Waals surface area contributed by atoms with Gasteiger partial charge in [-0.05, 0) is 42.2 Å². The van der Waals surface area contributed by atoms with E-state index < -0.39 is 23.2 Å². The van der Waals surface area contributed by atoms with E-state index in [-0.39, 0.29) is 35.2 Å². The maximum absolute atomic E-state index is 12.5. The summed E-state index contributed by atoms with van der Waals surface area (Å²) in [5, 5.41) is 9.82. The quantitative estimate of drug-likeness (QED) is 0.632. The Labute approximate surface area is 138 Å². The van der Waals surface area contributed by atoms with Gasteiger partial charge in [0, 0.05) is 13.3 Å². The molecule has 3 aliphatic carbocycles. The van der Waals surface area contributed by atoms with Crippen LogP contribution in [-0.2, 0) is 16.0 Å². The highest BCUT2D eigenvalue weighted by atomic mass is 16.4. The summed E-state index contributed by atoms with van der Waals surface area (Å²) in [6, 6.07) is 3.19. The number of carboxylic acid groups (broad SMARTS) is 1. The van der Waals surface area contributed by atoms with Crippen LogP contribution in [0.4, 0.5) is 0 Å². The lowest BCUT2D eigenvalue weighted by atomic mass is 9.65. The zero-order chi connectivity index (χ0) is 17.3. The third-order valence-electron chi connectivity index (χ3n) is 6.29. The lowest BCUT2D eigenvalue weighted by Gasteiger charge is -2.36. The van der Waals surface area contributed by atoms with Crippen LogP contribution in [0.2, 0.25) is 0 Å². The molecule has 6 heteroatoms. The minimum atomic E-state index is -1.20. The average molecular weight is 329 g/mol. The van der Waals surface area contributed by atoms with Crippen molar-refractivity contribution in [3.8, 4) is 0 Å². The molecule has 0 aromatic carbocycles. The summed E-state index contributed by atoms with van der Waals surface area (Å²) in [5.74, 6) is -2.35. The zero-order valence-electron chi connectivity index (χ0n) is 13.3. The lowest BCUT2D eigenvalue weighted by Crippen LogP contribution is -2.50. The number of Topliss-reactive ketones (excluding diaryl/α,β-unsaturated/α-hetero) is 1. The Morgan fingerprint density at radius 3 is 2.50 bits per heavy atom. The summed E-state index contributed by atoms with van der Waals surface area (Å²) in [6.07, 6.45) is 5.87. The van der Waals surface area contributed by atoms with Crippen molar-refractivity contribution in [2.24, 2.45) is 34.3 Å². The van der Waals surface area contributed by atoms with Crippen LogP contribution in [0.1, 0.15) is 36.1 Å². The standard InChI is InChI=1S/C18H19NO5/c1-9(20)12-4-2-10(24-12)8-18(16(19)23)13-5-3-11(14(18)15(21)22)17(13)6-7-17/h2-5,11,13-14H,6-8H2,1H3,(H2,19,23)(H,21,22)/t11-,13+,14+,18-/m1/s1. The van der Waals surface area contributed by atoms with E-state index in [4.69, 9.17) is 10.2 Å². The molecule has 4 rings (SSSR count). The van der Waals surface area contributed by atoms with Crippen molar-refractivity contribution < 1.29 is 23.9 Å². The van der Waals surface area contributed by atoms with Crippen molar-refractivity contribution in [3.05, 3.63) is 35.8 Å². The van der Waals surface area contributed by atoms with Gasteiger partial charge in [-0.3, -0.25) is 14.4 Å². The summed E-state index contributed by atoms with van der Waals surface area (Å²) < 4.78 is 5.53. The molecule has 2 bridgehead atoms. The Morgan fingerprint density at radius 1 is 1.29 bits per heavy atom. The Bertz CT molecular complexity index is 787. The fraction of sp³-hybridized carbons (Fsp3) is 0.500. The van der Waals surface area contributed by atoms with Gasteiger partial charge in [0.25, 0.3) is 0 Å². The van der Waals surface area contributed by atoms with Crippen molar-refractivity contribution in [3.63, 3.8) is 0 Å². The third kappa shape index (κ3) is 1.68. The molecule has 24 heavy (non-hydrogen) atoms. The molecular weight excluding hydrogens is 310 g/mol. The van der Waals surface area contributed by atoms with Crippen LogP contribution < -0.4 is 5.73 Å². The molecular formula is C18H19NO5. The van der Waals surface area contributed by atoms with E-state index in [0.29, 0.717) is 5.76 Å². The fourth-order valence-corrected chi connectivity index (χ4v) is 5.19. The topological polar surface area (TPSA) is 111 Å². The molecule has 126 valence electrons. The van der Waals surface area contributed by atoms with Gasteiger partial charge in [0.05, 0.1) is 11.3 Å². The maximum Gasteiger partial charge on any atom is 0.308 e. The van der Waals surface area contributed by atoms with Crippen molar-refractivity contribution in [1.29, 1.82) is 0 Å². The Morgan fingerprint density at radius 2 is 2.00 bits per heavy atom. The van der Waals surface area contributed by atoms with Crippen LogP contribution >= 0.6 is 0 Å². The first-order valence-electron chi connectivity index (χ1n) is 8.13. The molecule has 1 amide bonds. The number of carbonyl (C=O) groups is 3. The molecule has 6 nitrogen and oxygen atoms in total. The molecule has 1 spiro atoms. The summed E-state index contributed by atoms with van der Waals surface area (Å²) in [7, 11) is 0. The zero-order valence-corrected chi connectivity index (χ0v) is 13.3. The van der Waals surface area contributed by atoms with Gasteiger partial charge in [-0.1, -0.05) is 12.2 Å². The molecule has 3 aliphatic rings. The van der Waals surface area contributed by atoms with Gasteiger partial charge in [0.2, 0.25) is 5.91 Å². The molecule has 0 saturated heterocycles. The normalized spacial score (nSPS) is 34.6. The molecule has 2 fully saturated rings. The molecule has 4 atom stereocenters. The van der Waals surface area contributed by atoms with Crippen LogP contribution in [0.5, 0.6) is 0 Å². The highest BCUT2D eigenvalue weighted by Gasteiger charge is 2.76. The smallest absolute Gasteiger partial charge is 0.308 e. The Hall–Kier alpha value is -2.37. The Kier molecular flexibility index (Phi) is 2.90. The summed E-state index contributed by atoms with van der Waals surface area (Å²) in [4.78, 5) is 35.9. The van der Waals surface area contributed by atoms with Gasteiger partial charge in [-0.15, -0.1) is 0 Å². The van der Waals surface area contributed by atoms with E-state index in [9.17, 15) is 19.5 Å². The third-order valence-corrected chi connectivity index (χ3v) is 6.29. The highest BCUT2D eigenvalue weighted by Crippen LogP contribution is 2.76. The van der Waals surface area contributed by atoms with Crippen molar-refractivity contribution in [2.45, 2.75) is 26.2 Å². The van der Waals surface area contributed by atoms with E-state index in [2.05, 4.69) is 0 Å². The first-order valence-corrected chi connectivity index (χ1v) is 8.13. The summed E-state index contributed by atoms with van der Waals surface area (Å²) in [6.45, 7) is 1.39. The number of hydrogen-bond acceptors (Lipinski definition) is 4. The monoisotopic (exact) mass is 329 g/mol. The summed E-state index contributed by atoms with van der Waals surface area (Å²) in [5.41, 5.74) is 4.43. The van der Waals surface area contributed by atoms with Crippen LogP contribution in [0.3, 0.4) is 0 Å². The van der Waals surface area contributed by atoms with Gasteiger partial charge >= 0.3 is 5.97 Å². The number of nitrogens with two attached hydrogens (primary N) is 1. The molecule has 0 aliphatic heterocycles. The van der Waals surface area contributed by atoms with Gasteiger partial charge in [0.15, 0.2) is 11.5 Å². The van der Waals surface area contributed by atoms with E-state index >= 15 is 0 Å². The molecule has 1 aromatic heterocycles. The van der Waals surface area contributed by atoms with E-state index in [1.807, 2.05) is 12.2 Å². The van der Waals surface area contributed by atoms with Crippen molar-refractivity contribution >= 4 is 17.7 Å². The second-order valence-electron chi connectivity index (χ2n) is 7.34. The van der Waals surface area contributed by atoms with E-state index in [1.165, 1.54) is 6.92 Å².